The molecule has 3 amide bonds. The number of ether oxygens (including phenoxy) is 2. The topological polar surface area (TPSA) is 111 Å². The van der Waals surface area contributed by atoms with E-state index in [0.717, 1.165) is 53.9 Å². The van der Waals surface area contributed by atoms with Gasteiger partial charge < -0.3 is 14.8 Å². The SMILES string of the molecule is CCCc1ccc(C)cc1N1C(=O)CS/C1=N\C(=O)Nc1ccc(COc2ncn(-c3ccc(OC(F)(F)F)cc3)n2)c(F)c1. The third-order valence-electron chi connectivity index (χ3n) is 6.43. The Hall–Kier alpha value is -4.92. The van der Waals surface area contributed by atoms with E-state index >= 15 is 0 Å². The Bertz CT molecular complexity index is 1740. The van der Waals surface area contributed by atoms with Crippen molar-refractivity contribution in [2.75, 3.05) is 16.0 Å². The number of halogens is 4. The Labute approximate surface area is 259 Å². The number of thioether (sulfide) groups is 1. The van der Waals surface area contributed by atoms with Crippen molar-refractivity contribution >= 4 is 40.2 Å². The number of amidine groups is 1. The third kappa shape index (κ3) is 7.98. The van der Waals surface area contributed by atoms with Crippen LogP contribution in [0.4, 0.5) is 33.7 Å². The van der Waals surface area contributed by atoms with E-state index in [-0.39, 0.29) is 46.4 Å². The summed E-state index contributed by atoms with van der Waals surface area (Å²) in [4.78, 5) is 35.0. The predicted octanol–water partition coefficient (Wildman–Crippen LogP) is 6.81. The second-order valence-electron chi connectivity index (χ2n) is 9.83. The van der Waals surface area contributed by atoms with Crippen molar-refractivity contribution in [3.05, 3.63) is 89.5 Å². The van der Waals surface area contributed by atoms with Crippen molar-refractivity contribution in [3.63, 3.8) is 0 Å². The van der Waals surface area contributed by atoms with E-state index in [2.05, 4.69) is 25.1 Å². The van der Waals surface area contributed by atoms with Gasteiger partial charge >= 0.3 is 18.4 Å². The molecule has 15 heteroatoms. The van der Waals surface area contributed by atoms with Crippen molar-refractivity contribution < 1.29 is 36.6 Å². The molecule has 3 aromatic carbocycles. The quantitative estimate of drug-likeness (QED) is 0.200. The standard InChI is InChI=1S/C30H26F4N6O4S/c1-3-4-19-6-5-18(2)13-25(19)40-26(41)16-45-29(40)37-27(42)36-21-8-7-20(24(31)14-21)15-43-28-35-17-39(38-28)22-9-11-23(12-10-22)44-30(32,33)34/h5-14,17H,3-4,15-16H2,1-2H3,(H,36,42)/b37-29-. The zero-order valence-corrected chi connectivity index (χ0v) is 24.8. The zero-order valence-electron chi connectivity index (χ0n) is 24.0. The fourth-order valence-electron chi connectivity index (χ4n) is 4.41. The molecule has 0 aliphatic carbocycles. The number of alkyl halides is 3. The van der Waals surface area contributed by atoms with Gasteiger partial charge in [0.25, 0.3) is 0 Å². The Kier molecular flexibility index (Phi) is 9.37. The first-order valence-corrected chi connectivity index (χ1v) is 14.6. The van der Waals surface area contributed by atoms with Crippen LogP contribution in [0.5, 0.6) is 11.8 Å². The van der Waals surface area contributed by atoms with Crippen LogP contribution < -0.4 is 19.7 Å². The van der Waals surface area contributed by atoms with Crippen LogP contribution in [0.2, 0.25) is 0 Å². The molecule has 0 spiro atoms. The summed E-state index contributed by atoms with van der Waals surface area (Å²) >= 11 is 1.15. The Balaban J connectivity index is 1.21. The number of hydrogen-bond donors (Lipinski definition) is 1. The molecular formula is C30H26F4N6O4S. The van der Waals surface area contributed by atoms with Crippen LogP contribution in [0, 0.1) is 12.7 Å². The molecule has 0 atom stereocenters. The Morgan fingerprint density at radius 1 is 1.09 bits per heavy atom. The maximum absolute atomic E-state index is 14.9. The number of benzene rings is 3. The van der Waals surface area contributed by atoms with E-state index in [0.29, 0.717) is 11.4 Å². The van der Waals surface area contributed by atoms with Crippen LogP contribution in [0.3, 0.4) is 0 Å². The molecule has 1 N–H and O–H groups in total. The van der Waals surface area contributed by atoms with Crippen molar-refractivity contribution in [2.24, 2.45) is 4.99 Å². The normalized spacial score (nSPS) is 14.2. The lowest BCUT2D eigenvalue weighted by Crippen LogP contribution is -2.31. The fourth-order valence-corrected chi connectivity index (χ4v) is 5.26. The van der Waals surface area contributed by atoms with Gasteiger partial charge in [0.1, 0.15) is 24.5 Å². The second-order valence-corrected chi connectivity index (χ2v) is 10.8. The van der Waals surface area contributed by atoms with Crippen LogP contribution in [-0.2, 0) is 17.8 Å². The van der Waals surface area contributed by atoms with Gasteiger partial charge in [-0.2, -0.15) is 9.98 Å². The summed E-state index contributed by atoms with van der Waals surface area (Å²) in [5.74, 6) is -1.09. The predicted molar refractivity (Wildman–Crippen MR) is 160 cm³/mol. The zero-order chi connectivity index (χ0) is 32.1. The van der Waals surface area contributed by atoms with Gasteiger partial charge in [-0.1, -0.05) is 43.3 Å². The molecule has 1 saturated heterocycles. The molecule has 0 unspecified atom stereocenters. The Morgan fingerprint density at radius 2 is 1.84 bits per heavy atom. The summed E-state index contributed by atoms with van der Waals surface area (Å²) in [6.45, 7) is 3.72. The molecule has 0 saturated carbocycles. The lowest BCUT2D eigenvalue weighted by atomic mass is 10.0. The maximum atomic E-state index is 14.9. The number of nitrogens with zero attached hydrogens (tertiary/aromatic N) is 5. The van der Waals surface area contributed by atoms with E-state index in [4.69, 9.17) is 4.74 Å². The number of amides is 3. The molecule has 1 aliphatic rings. The first kappa shape index (κ1) is 31.5. The summed E-state index contributed by atoms with van der Waals surface area (Å²) < 4.78 is 62.5. The highest BCUT2D eigenvalue weighted by Crippen LogP contribution is 2.31. The number of aryl methyl sites for hydroxylation is 2. The molecule has 0 radical (unpaired) electrons. The summed E-state index contributed by atoms with van der Waals surface area (Å²) in [6, 6.07) is 13.9. The number of rotatable bonds is 9. The first-order chi connectivity index (χ1) is 21.5. The monoisotopic (exact) mass is 642 g/mol. The number of urea groups is 1. The van der Waals surface area contributed by atoms with Gasteiger partial charge in [-0.3, -0.25) is 9.69 Å². The highest BCUT2D eigenvalue weighted by Gasteiger charge is 2.32. The summed E-state index contributed by atoms with van der Waals surface area (Å²) in [7, 11) is 0. The molecule has 5 rings (SSSR count). The van der Waals surface area contributed by atoms with Crippen LogP contribution in [0.15, 0.2) is 72.0 Å². The average Bonchev–Trinajstić information content (AvgIpc) is 3.59. The number of anilines is 2. The number of carbonyl (C=O) groups is 2. The number of aliphatic imine (C=N–C) groups is 1. The van der Waals surface area contributed by atoms with Crippen molar-refractivity contribution in [2.45, 2.75) is 39.7 Å². The van der Waals surface area contributed by atoms with Crippen LogP contribution in [0.25, 0.3) is 5.69 Å². The molecule has 4 aromatic rings. The molecule has 1 fully saturated rings. The minimum atomic E-state index is -4.80. The van der Waals surface area contributed by atoms with Crippen LogP contribution in [-0.4, -0.2) is 44.0 Å². The van der Waals surface area contributed by atoms with Crippen molar-refractivity contribution in [1.29, 1.82) is 0 Å². The lowest BCUT2D eigenvalue weighted by Gasteiger charge is -2.20. The number of aromatic nitrogens is 3. The highest BCUT2D eigenvalue weighted by atomic mass is 32.2. The number of hydrogen-bond acceptors (Lipinski definition) is 7. The van der Waals surface area contributed by atoms with E-state index in [1.165, 1.54) is 40.2 Å². The maximum Gasteiger partial charge on any atom is 0.573 e. The van der Waals surface area contributed by atoms with E-state index in [1.54, 1.807) is 0 Å². The smallest absolute Gasteiger partial charge is 0.457 e. The van der Waals surface area contributed by atoms with Gasteiger partial charge in [-0.05, 0) is 66.9 Å². The molecular weight excluding hydrogens is 616 g/mol. The van der Waals surface area contributed by atoms with Gasteiger partial charge in [0.15, 0.2) is 5.17 Å². The van der Waals surface area contributed by atoms with Gasteiger partial charge in [0, 0.05) is 11.3 Å². The molecule has 2 heterocycles. The minimum Gasteiger partial charge on any atom is -0.457 e. The molecule has 0 bridgehead atoms. The van der Waals surface area contributed by atoms with Crippen molar-refractivity contribution in [1.82, 2.24) is 14.8 Å². The van der Waals surface area contributed by atoms with Gasteiger partial charge in [0.05, 0.1) is 17.1 Å². The molecule has 10 nitrogen and oxygen atoms in total. The van der Waals surface area contributed by atoms with Gasteiger partial charge in [0.2, 0.25) is 5.91 Å². The van der Waals surface area contributed by atoms with Crippen LogP contribution >= 0.6 is 11.8 Å². The highest BCUT2D eigenvalue weighted by molar-refractivity contribution is 8.15. The summed E-state index contributed by atoms with van der Waals surface area (Å²) in [5, 5.41) is 6.85. The van der Waals surface area contributed by atoms with Gasteiger partial charge in [-0.15, -0.1) is 18.3 Å². The molecule has 45 heavy (non-hydrogen) atoms. The second kappa shape index (κ2) is 13.4. The molecule has 234 valence electrons. The van der Waals surface area contributed by atoms with Gasteiger partial charge in [-0.25, -0.2) is 13.9 Å². The van der Waals surface area contributed by atoms with Crippen LogP contribution in [0.1, 0.15) is 30.0 Å². The van der Waals surface area contributed by atoms with E-state index in [1.807, 2.05) is 32.0 Å². The number of carbonyl (C=O) groups excluding carboxylic acids is 2. The average molecular weight is 643 g/mol. The lowest BCUT2D eigenvalue weighted by molar-refractivity contribution is -0.274. The third-order valence-corrected chi connectivity index (χ3v) is 7.35. The molecule has 1 aliphatic heterocycles. The molecule has 1 aromatic heterocycles. The van der Waals surface area contributed by atoms with E-state index < -0.39 is 18.2 Å². The summed E-state index contributed by atoms with van der Waals surface area (Å²) in [5.41, 5.74) is 3.33. The Morgan fingerprint density at radius 3 is 2.56 bits per heavy atom. The first-order valence-electron chi connectivity index (χ1n) is 13.6. The fraction of sp³-hybridized carbons (Fsp3) is 0.233. The number of nitrogens with one attached hydrogen (secondary N) is 1. The largest absolute Gasteiger partial charge is 0.573 e. The minimum absolute atomic E-state index is 0.0953. The van der Waals surface area contributed by atoms with Crippen molar-refractivity contribution in [3.8, 4) is 17.4 Å². The summed E-state index contributed by atoms with van der Waals surface area (Å²) in [6.07, 6.45) is -1.88. The van der Waals surface area contributed by atoms with E-state index in [9.17, 15) is 27.2 Å².